The van der Waals surface area contributed by atoms with Gasteiger partial charge in [-0.1, -0.05) is 79.6 Å². The van der Waals surface area contributed by atoms with E-state index in [-0.39, 0.29) is 18.1 Å². The van der Waals surface area contributed by atoms with Crippen molar-refractivity contribution in [3.05, 3.63) is 101 Å². The summed E-state index contributed by atoms with van der Waals surface area (Å²) in [5.74, 6) is 0.247. The number of aliphatic hydroxyl groups is 2. The molecule has 15 heteroatoms. The lowest BCUT2D eigenvalue weighted by atomic mass is 9.78. The number of aliphatic hydroxyl groups excluding tert-OH is 2. The average Bonchev–Trinajstić information content (AvgIpc) is 3.24. The summed E-state index contributed by atoms with van der Waals surface area (Å²) in [5.41, 5.74) is 2.07. The summed E-state index contributed by atoms with van der Waals surface area (Å²) in [6.07, 6.45) is 9.63. The molecule has 0 amide bonds. The van der Waals surface area contributed by atoms with E-state index in [2.05, 4.69) is 34.1 Å². The van der Waals surface area contributed by atoms with Crippen molar-refractivity contribution in [2.45, 2.75) is 88.4 Å². The van der Waals surface area contributed by atoms with Crippen LogP contribution in [0.5, 0.6) is 5.75 Å². The number of fused-ring (bicyclic) bond motifs is 3. The number of esters is 1. The lowest BCUT2D eigenvalue weighted by molar-refractivity contribution is -0.958. The molecule has 0 radical (unpaired) electrons. The van der Waals surface area contributed by atoms with Gasteiger partial charge in [0.25, 0.3) is 0 Å². The molecule has 6 rings (SSSR count). The Morgan fingerprint density at radius 2 is 1.63 bits per heavy atom. The third kappa shape index (κ3) is 14.8. The van der Waals surface area contributed by atoms with E-state index in [1.807, 2.05) is 30.3 Å². The number of nitrogens with zero attached hydrogens (tertiary/aromatic N) is 1. The van der Waals surface area contributed by atoms with Crippen LogP contribution in [0.1, 0.15) is 86.1 Å². The zero-order chi connectivity index (χ0) is 42.9. The Kier molecular flexibility index (Phi) is 19.2. The van der Waals surface area contributed by atoms with Crippen LogP contribution in [0.25, 0.3) is 0 Å². The van der Waals surface area contributed by atoms with Gasteiger partial charge in [-0.25, -0.2) is 9.09 Å². The molecular formula is C45H66N2O11PS+. The number of nitrogens with one attached hydrogen (secondary N) is 1. The number of carbonyl (C=O) groups is 1. The van der Waals surface area contributed by atoms with Crippen molar-refractivity contribution in [2.24, 2.45) is 5.92 Å². The highest BCUT2D eigenvalue weighted by atomic mass is 32.2. The Morgan fingerprint density at radius 3 is 2.32 bits per heavy atom. The average molecular weight is 874 g/mol. The quantitative estimate of drug-likeness (QED) is 0.0198. The second kappa shape index (κ2) is 24.0. The van der Waals surface area contributed by atoms with Crippen LogP contribution in [0.2, 0.25) is 0 Å². The maximum atomic E-state index is 14.1. The number of phosphoric acid groups is 1. The zero-order valence-electron chi connectivity index (χ0n) is 35.0. The van der Waals surface area contributed by atoms with Crippen molar-refractivity contribution in [2.75, 3.05) is 71.3 Å². The fourth-order valence-electron chi connectivity index (χ4n) is 8.54. The van der Waals surface area contributed by atoms with Crippen LogP contribution in [0.4, 0.5) is 0 Å². The van der Waals surface area contributed by atoms with Crippen LogP contribution in [0.15, 0.2) is 78.9 Å². The van der Waals surface area contributed by atoms with E-state index < -0.39 is 55.6 Å². The summed E-state index contributed by atoms with van der Waals surface area (Å²) in [5, 5.41) is 25.3. The van der Waals surface area contributed by atoms with Gasteiger partial charge in [0, 0.05) is 66.9 Å². The molecule has 332 valence electrons. The number of hydrogen-bond acceptors (Lipinski definition) is 10. The smallest absolute Gasteiger partial charge is 0.466 e. The Bertz CT molecular complexity index is 1810. The van der Waals surface area contributed by atoms with E-state index in [0.717, 1.165) is 96.2 Å². The molecule has 3 aliphatic rings. The van der Waals surface area contributed by atoms with E-state index in [1.54, 1.807) is 30.5 Å². The molecule has 3 aromatic carbocycles. The zero-order valence-corrected chi connectivity index (χ0v) is 36.7. The fourth-order valence-corrected chi connectivity index (χ4v) is 9.36. The van der Waals surface area contributed by atoms with E-state index >= 15 is 0 Å². The number of phosphoric ester groups is 1. The standard InChI is InChI=1S/C45H65N2O11PS/c1-60(54)29-23-45(34-48,40-17-8-5-9-18-40)44(50)58-43-33-47(25-21-37(43)22-26-47)32-39-30-38(19-20-42(39)56-35-57-59(51,52)53)41(49)31-46-24-11-2-3-12-27-55-28-13-10-16-36-14-6-4-7-15-36/h4-9,14-15,17-20,30,37,41,43,46,48-49H,2-3,10-13,16,21-29,31-35H2,1H3,(H-,51,52,53)/p+1/t37?,41?,43-,45+,47?,60+/m0/s1. The molecule has 3 heterocycles. The van der Waals surface area contributed by atoms with Gasteiger partial charge in [-0.2, -0.15) is 0 Å². The number of ether oxygens (including phenoxy) is 3. The van der Waals surface area contributed by atoms with Crippen LogP contribution in [-0.2, 0) is 52.5 Å². The van der Waals surface area contributed by atoms with Crippen LogP contribution in [-0.4, -0.2) is 112 Å². The predicted molar refractivity (Wildman–Crippen MR) is 231 cm³/mol. The van der Waals surface area contributed by atoms with Crippen molar-refractivity contribution in [3.63, 3.8) is 0 Å². The van der Waals surface area contributed by atoms with E-state index in [1.165, 1.54) is 5.56 Å². The van der Waals surface area contributed by atoms with E-state index in [0.29, 0.717) is 41.0 Å². The molecule has 0 aliphatic carbocycles. The Balaban J connectivity index is 1.14. The van der Waals surface area contributed by atoms with Crippen LogP contribution < -0.4 is 10.1 Å². The van der Waals surface area contributed by atoms with Gasteiger partial charge in [0.15, 0.2) is 12.9 Å². The molecule has 5 N–H and O–H groups in total. The Hall–Kier alpha value is -3.01. The molecule has 3 aromatic rings. The minimum absolute atomic E-state index is 0.154. The molecule has 2 bridgehead atoms. The normalized spacial score (nSPS) is 20.9. The van der Waals surface area contributed by atoms with Crippen molar-refractivity contribution in [1.82, 2.24) is 5.32 Å². The fraction of sp³-hybridized carbons (Fsp3) is 0.578. The van der Waals surface area contributed by atoms with Gasteiger partial charge in [0.1, 0.15) is 24.3 Å². The Labute approximate surface area is 358 Å². The largest absolute Gasteiger partial charge is 0.472 e. The molecule has 3 saturated heterocycles. The number of unbranched alkanes of at least 4 members (excludes halogenated alkanes) is 4. The maximum absolute atomic E-state index is 14.1. The number of aryl methyl sites for hydroxylation is 1. The first kappa shape index (κ1) is 48.0. The third-order valence-corrected chi connectivity index (χ3v) is 13.3. The van der Waals surface area contributed by atoms with Crippen molar-refractivity contribution in [1.29, 1.82) is 0 Å². The van der Waals surface area contributed by atoms with Gasteiger partial charge < -0.3 is 44.0 Å². The second-order valence-corrected chi connectivity index (χ2v) is 19.3. The molecule has 0 spiro atoms. The van der Waals surface area contributed by atoms with Crippen molar-refractivity contribution in [3.8, 4) is 5.75 Å². The number of piperidine rings is 3. The lowest BCUT2D eigenvalue weighted by Crippen LogP contribution is -2.64. The molecule has 3 fully saturated rings. The number of rotatable bonds is 28. The lowest BCUT2D eigenvalue weighted by Gasteiger charge is -2.52. The third-order valence-electron chi connectivity index (χ3n) is 12.1. The molecule has 3 aliphatic heterocycles. The SMILES string of the molecule is C[S@@](=O)CC[C@](CO)(C(=O)O[C@H]1C[N+]2(Cc3cc(C(O)CNCCCCCCOCCCCc4ccccc4)ccc3OCOP(=O)(O)O)CCC1CC2)c1ccccc1. The predicted octanol–water partition coefficient (Wildman–Crippen LogP) is 5.71. The van der Waals surface area contributed by atoms with Crippen LogP contribution >= 0.6 is 7.82 Å². The highest BCUT2D eigenvalue weighted by Gasteiger charge is 2.50. The summed E-state index contributed by atoms with van der Waals surface area (Å²) in [4.78, 5) is 32.7. The monoisotopic (exact) mass is 873 g/mol. The summed E-state index contributed by atoms with van der Waals surface area (Å²) >= 11 is 0. The maximum Gasteiger partial charge on any atom is 0.472 e. The molecule has 0 saturated carbocycles. The van der Waals surface area contributed by atoms with Crippen molar-refractivity contribution < 1.29 is 56.8 Å². The van der Waals surface area contributed by atoms with E-state index in [4.69, 9.17) is 14.2 Å². The van der Waals surface area contributed by atoms with Crippen LogP contribution in [0, 0.1) is 5.92 Å². The minimum Gasteiger partial charge on any atom is -0.466 e. The molecular weight excluding hydrogens is 808 g/mol. The van der Waals surface area contributed by atoms with Gasteiger partial charge in [-0.05, 0) is 73.9 Å². The topological polar surface area (TPSA) is 181 Å². The second-order valence-electron chi connectivity index (χ2n) is 16.5. The summed E-state index contributed by atoms with van der Waals surface area (Å²) in [6, 6.07) is 24.9. The van der Waals surface area contributed by atoms with Gasteiger partial charge in [-0.15, -0.1) is 0 Å². The molecule has 13 nitrogen and oxygen atoms in total. The summed E-state index contributed by atoms with van der Waals surface area (Å²) in [7, 11) is -5.95. The van der Waals surface area contributed by atoms with Crippen LogP contribution in [0.3, 0.4) is 0 Å². The number of benzene rings is 3. The summed E-state index contributed by atoms with van der Waals surface area (Å²) < 4.78 is 46.7. The van der Waals surface area contributed by atoms with Gasteiger partial charge in [-0.3, -0.25) is 9.00 Å². The summed E-state index contributed by atoms with van der Waals surface area (Å²) in [6.45, 7) is 4.21. The molecule has 1 unspecified atom stereocenters. The highest BCUT2D eigenvalue weighted by Crippen LogP contribution is 2.41. The van der Waals surface area contributed by atoms with Gasteiger partial charge in [0.05, 0.1) is 25.8 Å². The number of hydrogen-bond donors (Lipinski definition) is 5. The molecule has 4 atom stereocenters. The molecule has 0 aromatic heterocycles. The first-order valence-corrected chi connectivity index (χ1v) is 24.7. The van der Waals surface area contributed by atoms with E-state index in [9.17, 15) is 33.6 Å². The highest BCUT2D eigenvalue weighted by molar-refractivity contribution is 7.84. The number of quaternary nitrogens is 1. The first-order valence-electron chi connectivity index (χ1n) is 21.4. The minimum atomic E-state index is -4.77. The van der Waals surface area contributed by atoms with Gasteiger partial charge >= 0.3 is 13.8 Å². The molecule has 60 heavy (non-hydrogen) atoms. The van der Waals surface area contributed by atoms with Gasteiger partial charge in [0.2, 0.25) is 0 Å². The Morgan fingerprint density at radius 1 is 0.950 bits per heavy atom. The van der Waals surface area contributed by atoms with Crippen molar-refractivity contribution >= 4 is 24.6 Å². The number of carbonyl (C=O) groups excluding carboxylic acids is 1. The first-order chi connectivity index (χ1) is 28.9.